The van der Waals surface area contributed by atoms with Crippen molar-refractivity contribution in [2.24, 2.45) is 0 Å². The van der Waals surface area contributed by atoms with Crippen molar-refractivity contribution in [3.8, 4) is 0 Å². The van der Waals surface area contributed by atoms with Crippen LogP contribution in [0.3, 0.4) is 0 Å². The Bertz CT molecular complexity index is 554. The topological polar surface area (TPSA) is 61.4 Å². The third kappa shape index (κ3) is 4.43. The van der Waals surface area contributed by atoms with Crippen molar-refractivity contribution in [1.82, 2.24) is 9.62 Å². The lowest BCUT2D eigenvalue weighted by Crippen LogP contribution is -2.39. The van der Waals surface area contributed by atoms with Gasteiger partial charge < -0.3 is 5.32 Å². The summed E-state index contributed by atoms with van der Waals surface area (Å²) in [5.41, 5.74) is 1.71. The maximum atomic E-state index is 12.4. The molecule has 0 aliphatic carbocycles. The van der Waals surface area contributed by atoms with Crippen LogP contribution in [-0.2, 0) is 10.2 Å². The number of rotatable bonds is 6. The summed E-state index contributed by atoms with van der Waals surface area (Å²) >= 11 is 0. The first-order valence-electron chi connectivity index (χ1n) is 7.64. The molecule has 21 heavy (non-hydrogen) atoms. The average Bonchev–Trinajstić information content (AvgIpc) is 2.48. The first kappa shape index (κ1) is 16.3. The summed E-state index contributed by atoms with van der Waals surface area (Å²) in [6.07, 6.45) is 3.00. The van der Waals surface area contributed by atoms with E-state index in [0.29, 0.717) is 18.8 Å². The molecule has 0 radical (unpaired) electrons. The van der Waals surface area contributed by atoms with Gasteiger partial charge in [0, 0.05) is 19.1 Å². The number of hydrogen-bond donors (Lipinski definition) is 2. The molecule has 2 N–H and O–H groups in total. The van der Waals surface area contributed by atoms with Crippen molar-refractivity contribution < 1.29 is 8.42 Å². The van der Waals surface area contributed by atoms with Gasteiger partial charge in [-0.3, -0.25) is 4.72 Å². The van der Waals surface area contributed by atoms with Gasteiger partial charge in [-0.25, -0.2) is 0 Å². The molecular weight excluding hydrogens is 286 g/mol. The lowest BCUT2D eigenvalue weighted by atomic mass is 10.1. The molecule has 6 heteroatoms. The summed E-state index contributed by atoms with van der Waals surface area (Å²) in [4.78, 5) is 0. The highest BCUT2D eigenvalue weighted by molar-refractivity contribution is 7.90. The minimum Gasteiger partial charge on any atom is -0.310 e. The Morgan fingerprint density at radius 2 is 1.95 bits per heavy atom. The molecule has 118 valence electrons. The second-order valence-corrected chi connectivity index (χ2v) is 7.14. The van der Waals surface area contributed by atoms with Crippen molar-refractivity contribution in [1.29, 1.82) is 0 Å². The summed E-state index contributed by atoms with van der Waals surface area (Å²) in [6, 6.07) is 7.79. The fourth-order valence-electron chi connectivity index (χ4n) is 2.61. The van der Waals surface area contributed by atoms with E-state index in [9.17, 15) is 8.42 Å². The van der Waals surface area contributed by atoms with Gasteiger partial charge in [0.25, 0.3) is 0 Å². The van der Waals surface area contributed by atoms with E-state index < -0.39 is 10.2 Å². The molecule has 1 fully saturated rings. The molecule has 1 saturated heterocycles. The van der Waals surface area contributed by atoms with E-state index in [2.05, 4.69) is 23.9 Å². The molecule has 1 aliphatic rings. The van der Waals surface area contributed by atoms with Crippen molar-refractivity contribution in [2.75, 3.05) is 24.4 Å². The van der Waals surface area contributed by atoms with E-state index in [1.807, 2.05) is 18.2 Å². The molecule has 1 aromatic carbocycles. The Morgan fingerprint density at radius 3 is 2.62 bits per heavy atom. The van der Waals surface area contributed by atoms with Crippen LogP contribution in [0.15, 0.2) is 24.3 Å². The van der Waals surface area contributed by atoms with Gasteiger partial charge in [0.2, 0.25) is 0 Å². The van der Waals surface area contributed by atoms with E-state index in [1.54, 1.807) is 6.07 Å². The van der Waals surface area contributed by atoms with Gasteiger partial charge >= 0.3 is 10.2 Å². The number of benzene rings is 1. The molecule has 0 aromatic heterocycles. The van der Waals surface area contributed by atoms with E-state index in [4.69, 9.17) is 0 Å². The van der Waals surface area contributed by atoms with Crippen LogP contribution >= 0.6 is 0 Å². The summed E-state index contributed by atoms with van der Waals surface area (Å²) in [7, 11) is -3.43. The second kappa shape index (κ2) is 7.24. The lowest BCUT2D eigenvalue weighted by molar-refractivity contribution is 0.349. The molecule has 1 aliphatic heterocycles. The van der Waals surface area contributed by atoms with E-state index in [1.165, 1.54) is 4.31 Å². The van der Waals surface area contributed by atoms with Crippen LogP contribution in [0.2, 0.25) is 0 Å². The van der Waals surface area contributed by atoms with E-state index in [-0.39, 0.29) is 6.04 Å². The summed E-state index contributed by atoms with van der Waals surface area (Å²) < 4.78 is 29.0. The Balaban J connectivity index is 2.09. The quantitative estimate of drug-likeness (QED) is 0.848. The Morgan fingerprint density at radius 1 is 1.24 bits per heavy atom. The van der Waals surface area contributed by atoms with Crippen molar-refractivity contribution in [3.63, 3.8) is 0 Å². The van der Waals surface area contributed by atoms with Gasteiger partial charge in [-0.2, -0.15) is 12.7 Å². The average molecular weight is 311 g/mol. The first-order chi connectivity index (χ1) is 10.0. The molecule has 0 bridgehead atoms. The zero-order valence-corrected chi connectivity index (χ0v) is 13.6. The van der Waals surface area contributed by atoms with Gasteiger partial charge in [0.05, 0.1) is 5.69 Å². The van der Waals surface area contributed by atoms with Crippen LogP contribution in [0.1, 0.15) is 44.7 Å². The molecule has 1 atom stereocenters. The SMILES string of the molecule is CCNC(C)c1cccc(NS(=O)(=O)N2CCCCC2)c1. The highest BCUT2D eigenvalue weighted by Gasteiger charge is 2.23. The van der Waals surface area contributed by atoms with Gasteiger partial charge in [-0.05, 0) is 44.0 Å². The number of hydrogen-bond acceptors (Lipinski definition) is 3. The van der Waals surface area contributed by atoms with Crippen LogP contribution < -0.4 is 10.0 Å². The highest BCUT2D eigenvalue weighted by Crippen LogP contribution is 2.20. The van der Waals surface area contributed by atoms with Crippen LogP contribution in [0.4, 0.5) is 5.69 Å². The third-order valence-corrected chi connectivity index (χ3v) is 5.34. The molecule has 0 spiro atoms. The van der Waals surface area contributed by atoms with E-state index >= 15 is 0 Å². The zero-order chi connectivity index (χ0) is 15.3. The fourth-order valence-corrected chi connectivity index (χ4v) is 3.91. The number of nitrogens with one attached hydrogen (secondary N) is 2. The van der Waals surface area contributed by atoms with Gasteiger partial charge in [0.1, 0.15) is 0 Å². The molecule has 0 saturated carbocycles. The Hall–Kier alpha value is -1.11. The van der Waals surface area contributed by atoms with Crippen molar-refractivity contribution in [2.45, 2.75) is 39.2 Å². The number of piperidine rings is 1. The minimum absolute atomic E-state index is 0.203. The van der Waals surface area contributed by atoms with Gasteiger partial charge in [0.15, 0.2) is 0 Å². The molecule has 1 aromatic rings. The maximum absolute atomic E-state index is 12.4. The smallest absolute Gasteiger partial charge is 0.301 e. The van der Waals surface area contributed by atoms with Crippen LogP contribution in [0, 0.1) is 0 Å². The molecule has 0 amide bonds. The van der Waals surface area contributed by atoms with Gasteiger partial charge in [-0.1, -0.05) is 25.5 Å². The van der Waals surface area contributed by atoms with Crippen LogP contribution in [0.5, 0.6) is 0 Å². The molecule has 2 rings (SSSR count). The third-order valence-electron chi connectivity index (χ3n) is 3.80. The zero-order valence-electron chi connectivity index (χ0n) is 12.8. The normalized spacial score (nSPS) is 18.4. The summed E-state index contributed by atoms with van der Waals surface area (Å²) in [5, 5.41) is 3.33. The largest absolute Gasteiger partial charge is 0.310 e. The minimum atomic E-state index is -3.43. The standard InChI is InChI=1S/C15H25N3O2S/c1-3-16-13(2)14-8-7-9-15(12-14)17-21(19,20)18-10-5-4-6-11-18/h7-9,12-13,16-17H,3-6,10-11H2,1-2H3. The summed E-state index contributed by atoms with van der Waals surface area (Å²) in [6.45, 7) is 6.23. The van der Waals surface area contributed by atoms with Crippen molar-refractivity contribution >= 4 is 15.9 Å². The van der Waals surface area contributed by atoms with E-state index in [0.717, 1.165) is 31.4 Å². The molecular formula is C15H25N3O2S. The number of nitrogens with zero attached hydrogens (tertiary/aromatic N) is 1. The van der Waals surface area contributed by atoms with Crippen molar-refractivity contribution in [3.05, 3.63) is 29.8 Å². The first-order valence-corrected chi connectivity index (χ1v) is 9.08. The predicted molar refractivity (Wildman–Crippen MR) is 86.5 cm³/mol. The van der Waals surface area contributed by atoms with Crippen LogP contribution in [-0.4, -0.2) is 32.4 Å². The molecule has 1 unspecified atom stereocenters. The highest BCUT2D eigenvalue weighted by atomic mass is 32.2. The van der Waals surface area contributed by atoms with Gasteiger partial charge in [-0.15, -0.1) is 0 Å². The van der Waals surface area contributed by atoms with Crippen LogP contribution in [0.25, 0.3) is 0 Å². The second-order valence-electron chi connectivity index (χ2n) is 5.47. The lowest BCUT2D eigenvalue weighted by Gasteiger charge is -2.26. The Labute approximate surface area is 127 Å². The Kier molecular flexibility index (Phi) is 5.61. The molecule has 1 heterocycles. The number of anilines is 1. The monoisotopic (exact) mass is 311 g/mol. The predicted octanol–water partition coefficient (Wildman–Crippen LogP) is 2.50. The summed E-state index contributed by atoms with van der Waals surface area (Å²) in [5.74, 6) is 0. The molecule has 5 nitrogen and oxygen atoms in total. The maximum Gasteiger partial charge on any atom is 0.301 e. The fraction of sp³-hybridized carbons (Fsp3) is 0.600.